The van der Waals surface area contributed by atoms with Crippen LogP contribution in [-0.2, 0) is 10.2 Å². The first-order valence-corrected chi connectivity index (χ1v) is 10.2. The maximum absolute atomic E-state index is 5.55. The molecular formula is C22H25N7O. The zero-order chi connectivity index (χ0) is 20.7. The van der Waals surface area contributed by atoms with E-state index in [1.54, 1.807) is 12.4 Å². The summed E-state index contributed by atoms with van der Waals surface area (Å²) in [5.41, 5.74) is 3.68. The molecule has 0 N–H and O–H groups in total. The smallest absolute Gasteiger partial charge is 0.160 e. The van der Waals surface area contributed by atoms with Crippen molar-refractivity contribution in [2.24, 2.45) is 0 Å². The van der Waals surface area contributed by atoms with E-state index in [-0.39, 0.29) is 5.41 Å². The molecule has 1 aliphatic rings. The molecule has 0 aromatic carbocycles. The van der Waals surface area contributed by atoms with E-state index in [9.17, 15) is 0 Å². The van der Waals surface area contributed by atoms with Crippen molar-refractivity contribution in [3.8, 4) is 17.1 Å². The molecule has 0 aliphatic carbocycles. The van der Waals surface area contributed by atoms with Gasteiger partial charge in [0.2, 0.25) is 0 Å². The van der Waals surface area contributed by atoms with Gasteiger partial charge in [0.25, 0.3) is 0 Å². The molecule has 1 saturated heterocycles. The number of aromatic nitrogens is 6. The topological polar surface area (TPSA) is 73.4 Å². The molecule has 0 unspecified atom stereocenters. The van der Waals surface area contributed by atoms with E-state index in [4.69, 9.17) is 19.9 Å². The Hall–Kier alpha value is -3.26. The number of rotatable bonds is 3. The zero-order valence-electron chi connectivity index (χ0n) is 17.5. The lowest BCUT2D eigenvalue weighted by Gasteiger charge is -2.29. The van der Waals surface area contributed by atoms with Crippen LogP contribution < -0.4 is 4.90 Å². The van der Waals surface area contributed by atoms with Gasteiger partial charge in [0.1, 0.15) is 5.82 Å². The number of hydrogen-bond acceptors (Lipinski definition) is 6. The minimum Gasteiger partial charge on any atom is -0.378 e. The average molecular weight is 403 g/mol. The largest absolute Gasteiger partial charge is 0.378 e. The van der Waals surface area contributed by atoms with Crippen LogP contribution in [-0.4, -0.2) is 55.7 Å². The molecule has 8 nitrogen and oxygen atoms in total. The summed E-state index contributed by atoms with van der Waals surface area (Å²) in [5.74, 6) is 1.77. The third kappa shape index (κ3) is 3.43. The van der Waals surface area contributed by atoms with E-state index < -0.39 is 0 Å². The fourth-order valence-corrected chi connectivity index (χ4v) is 3.60. The number of pyridine rings is 1. The first-order chi connectivity index (χ1) is 14.5. The zero-order valence-corrected chi connectivity index (χ0v) is 17.5. The van der Waals surface area contributed by atoms with Crippen LogP contribution in [0.1, 0.15) is 26.5 Å². The normalized spacial score (nSPS) is 15.1. The van der Waals surface area contributed by atoms with Crippen molar-refractivity contribution in [3.05, 3.63) is 54.6 Å². The van der Waals surface area contributed by atoms with Crippen molar-refractivity contribution in [2.75, 3.05) is 31.2 Å². The highest BCUT2D eigenvalue weighted by molar-refractivity contribution is 5.66. The van der Waals surface area contributed by atoms with Crippen molar-refractivity contribution >= 4 is 11.5 Å². The van der Waals surface area contributed by atoms with E-state index in [0.29, 0.717) is 13.2 Å². The maximum Gasteiger partial charge on any atom is 0.160 e. The fraction of sp³-hybridized carbons (Fsp3) is 0.364. The molecule has 1 fully saturated rings. The van der Waals surface area contributed by atoms with Gasteiger partial charge in [-0.05, 0) is 18.2 Å². The Labute approximate surface area is 175 Å². The van der Waals surface area contributed by atoms with E-state index in [2.05, 4.69) is 42.8 Å². The minimum absolute atomic E-state index is 0.0203. The van der Waals surface area contributed by atoms with Gasteiger partial charge in [-0.1, -0.05) is 20.8 Å². The van der Waals surface area contributed by atoms with Crippen LogP contribution in [0.2, 0.25) is 0 Å². The molecule has 1 aliphatic heterocycles. The van der Waals surface area contributed by atoms with E-state index in [1.807, 2.05) is 33.6 Å². The molecule has 4 aromatic rings. The van der Waals surface area contributed by atoms with Crippen molar-refractivity contribution < 1.29 is 4.74 Å². The quantitative estimate of drug-likeness (QED) is 0.523. The molecule has 0 radical (unpaired) electrons. The monoisotopic (exact) mass is 403 g/mol. The second kappa shape index (κ2) is 7.21. The van der Waals surface area contributed by atoms with E-state index >= 15 is 0 Å². The molecule has 4 aromatic heterocycles. The highest BCUT2D eigenvalue weighted by Gasteiger charge is 2.21. The molecule has 0 saturated carbocycles. The Kier molecular flexibility index (Phi) is 4.51. The predicted octanol–water partition coefficient (Wildman–Crippen LogP) is 3.11. The summed E-state index contributed by atoms with van der Waals surface area (Å²) in [6, 6.07) is 10.0. The standard InChI is InChI=1S/C22H25N7O/c1-22(2,3)18-6-9-28(26-18)19-15-21(27-10-12-30-13-11-27)29-20(24-19)14-17(25-29)16-4-7-23-8-5-16/h4-9,14-15H,10-13H2,1-3H3. The van der Waals surface area contributed by atoms with Crippen LogP contribution in [0.15, 0.2) is 48.9 Å². The third-order valence-electron chi connectivity index (χ3n) is 5.30. The molecule has 0 spiro atoms. The van der Waals surface area contributed by atoms with Gasteiger partial charge in [-0.2, -0.15) is 14.7 Å². The van der Waals surface area contributed by atoms with Gasteiger partial charge in [-0.25, -0.2) is 9.67 Å². The minimum atomic E-state index is -0.0203. The van der Waals surface area contributed by atoms with Crippen molar-refractivity contribution in [1.82, 2.24) is 29.4 Å². The lowest BCUT2D eigenvalue weighted by molar-refractivity contribution is 0.122. The molecule has 5 rings (SSSR count). The number of ether oxygens (including phenoxy) is 1. The SMILES string of the molecule is CC(C)(C)c1ccn(-c2cc(N3CCOCC3)n3nc(-c4ccncc4)cc3n2)n1. The summed E-state index contributed by atoms with van der Waals surface area (Å²) >= 11 is 0. The average Bonchev–Trinajstić information content (AvgIpc) is 3.41. The number of nitrogens with zero attached hydrogens (tertiary/aromatic N) is 7. The molecular weight excluding hydrogens is 378 g/mol. The van der Waals surface area contributed by atoms with Crippen LogP contribution in [0, 0.1) is 0 Å². The summed E-state index contributed by atoms with van der Waals surface area (Å²) < 4.78 is 9.32. The number of fused-ring (bicyclic) bond motifs is 1. The van der Waals surface area contributed by atoms with Crippen molar-refractivity contribution in [2.45, 2.75) is 26.2 Å². The molecule has 154 valence electrons. The van der Waals surface area contributed by atoms with Crippen LogP contribution >= 0.6 is 0 Å². The Morgan fingerprint density at radius 2 is 1.73 bits per heavy atom. The fourth-order valence-electron chi connectivity index (χ4n) is 3.60. The highest BCUT2D eigenvalue weighted by Crippen LogP contribution is 2.26. The number of anilines is 1. The lowest BCUT2D eigenvalue weighted by Crippen LogP contribution is -2.37. The van der Waals surface area contributed by atoms with Crippen molar-refractivity contribution in [1.29, 1.82) is 0 Å². The van der Waals surface area contributed by atoms with Gasteiger partial charge in [0.15, 0.2) is 11.5 Å². The number of hydrogen-bond donors (Lipinski definition) is 0. The Balaban J connectivity index is 1.65. The Morgan fingerprint density at radius 1 is 0.967 bits per heavy atom. The number of morpholine rings is 1. The Morgan fingerprint density at radius 3 is 2.43 bits per heavy atom. The molecule has 8 heteroatoms. The van der Waals surface area contributed by atoms with E-state index in [0.717, 1.165) is 47.3 Å². The van der Waals surface area contributed by atoms with Gasteiger partial charge in [-0.15, -0.1) is 0 Å². The predicted molar refractivity (Wildman–Crippen MR) is 115 cm³/mol. The molecule has 30 heavy (non-hydrogen) atoms. The first kappa shape index (κ1) is 18.7. The highest BCUT2D eigenvalue weighted by atomic mass is 16.5. The third-order valence-corrected chi connectivity index (χ3v) is 5.30. The molecule has 5 heterocycles. The van der Waals surface area contributed by atoms with Gasteiger partial charge in [0.05, 0.1) is 24.6 Å². The van der Waals surface area contributed by atoms with Crippen LogP contribution in [0.25, 0.3) is 22.7 Å². The van der Waals surface area contributed by atoms with E-state index in [1.165, 1.54) is 0 Å². The van der Waals surface area contributed by atoms with Gasteiger partial charge in [-0.3, -0.25) is 4.98 Å². The summed E-state index contributed by atoms with van der Waals surface area (Å²) in [7, 11) is 0. The molecule has 0 bridgehead atoms. The Bertz CT molecular complexity index is 1170. The summed E-state index contributed by atoms with van der Waals surface area (Å²) in [6.07, 6.45) is 5.53. The molecule has 0 atom stereocenters. The van der Waals surface area contributed by atoms with Gasteiger partial charge in [0, 0.05) is 54.8 Å². The van der Waals surface area contributed by atoms with Crippen LogP contribution in [0.4, 0.5) is 5.82 Å². The molecule has 0 amide bonds. The lowest BCUT2D eigenvalue weighted by atomic mass is 9.93. The second-order valence-corrected chi connectivity index (χ2v) is 8.50. The maximum atomic E-state index is 5.55. The van der Waals surface area contributed by atoms with Crippen LogP contribution in [0.5, 0.6) is 0 Å². The van der Waals surface area contributed by atoms with Gasteiger partial charge < -0.3 is 9.64 Å². The second-order valence-electron chi connectivity index (χ2n) is 8.50. The summed E-state index contributed by atoms with van der Waals surface area (Å²) in [4.78, 5) is 11.3. The summed E-state index contributed by atoms with van der Waals surface area (Å²) in [6.45, 7) is 9.51. The van der Waals surface area contributed by atoms with Gasteiger partial charge >= 0.3 is 0 Å². The summed E-state index contributed by atoms with van der Waals surface area (Å²) in [5, 5.41) is 9.63. The first-order valence-electron chi connectivity index (χ1n) is 10.2. The van der Waals surface area contributed by atoms with Crippen molar-refractivity contribution in [3.63, 3.8) is 0 Å². The van der Waals surface area contributed by atoms with Crippen LogP contribution in [0.3, 0.4) is 0 Å².